The third kappa shape index (κ3) is 4.65. The molecule has 176 valence electrons. The Kier molecular flexibility index (Phi) is 6.39. The summed E-state index contributed by atoms with van der Waals surface area (Å²) >= 11 is 0. The summed E-state index contributed by atoms with van der Waals surface area (Å²) in [5, 5.41) is 2.93. The minimum absolute atomic E-state index is 0.196. The number of nitrogens with one attached hydrogen (secondary N) is 2. The van der Waals surface area contributed by atoms with Crippen molar-refractivity contribution in [3.8, 4) is 0 Å². The Morgan fingerprint density at radius 2 is 1.85 bits per heavy atom. The largest absolute Gasteiger partial charge is 0.342 e. The van der Waals surface area contributed by atoms with Gasteiger partial charge >= 0.3 is 0 Å². The van der Waals surface area contributed by atoms with Crippen molar-refractivity contribution in [1.82, 2.24) is 14.9 Å². The van der Waals surface area contributed by atoms with E-state index in [-0.39, 0.29) is 28.1 Å². The fourth-order valence-corrected chi connectivity index (χ4v) is 4.84. The van der Waals surface area contributed by atoms with Crippen molar-refractivity contribution in [2.75, 3.05) is 4.72 Å². The van der Waals surface area contributed by atoms with Gasteiger partial charge in [0.2, 0.25) is 0 Å². The van der Waals surface area contributed by atoms with Crippen LogP contribution < -0.4 is 10.0 Å². The number of para-hydroxylation sites is 2. The molecule has 34 heavy (non-hydrogen) atoms. The molecule has 1 heterocycles. The zero-order chi connectivity index (χ0) is 24.5. The molecule has 3 aromatic carbocycles. The van der Waals surface area contributed by atoms with Crippen molar-refractivity contribution in [2.45, 2.75) is 38.3 Å². The van der Waals surface area contributed by atoms with Gasteiger partial charge in [-0.25, -0.2) is 17.8 Å². The summed E-state index contributed by atoms with van der Waals surface area (Å²) < 4.78 is 43.7. The van der Waals surface area contributed by atoms with E-state index in [2.05, 4.69) is 15.0 Å². The molecular formula is C25H25FN4O3S. The van der Waals surface area contributed by atoms with Gasteiger partial charge in [0.05, 0.1) is 22.0 Å². The molecule has 4 aromatic rings. The first kappa shape index (κ1) is 23.4. The van der Waals surface area contributed by atoms with E-state index in [0.717, 1.165) is 22.9 Å². The van der Waals surface area contributed by atoms with E-state index in [1.54, 1.807) is 19.1 Å². The maximum absolute atomic E-state index is 13.8. The fraction of sp³-hybridized carbons (Fsp3) is 0.200. The summed E-state index contributed by atoms with van der Waals surface area (Å²) in [6.45, 7) is 6.12. The highest BCUT2D eigenvalue weighted by Gasteiger charge is 2.20. The molecule has 7 nitrogen and oxygen atoms in total. The molecule has 1 atom stereocenters. The molecule has 0 aliphatic heterocycles. The molecular weight excluding hydrogens is 455 g/mol. The van der Waals surface area contributed by atoms with Crippen LogP contribution in [0.1, 0.15) is 41.6 Å². The number of hydrogen-bond acceptors (Lipinski definition) is 4. The van der Waals surface area contributed by atoms with Crippen LogP contribution in [-0.4, -0.2) is 23.9 Å². The van der Waals surface area contributed by atoms with Crippen LogP contribution in [-0.2, 0) is 16.6 Å². The van der Waals surface area contributed by atoms with Crippen molar-refractivity contribution in [2.24, 2.45) is 0 Å². The first-order chi connectivity index (χ1) is 16.2. The van der Waals surface area contributed by atoms with Gasteiger partial charge in [-0.05, 0) is 68.8 Å². The molecule has 0 fully saturated rings. The number of aromatic nitrogens is 2. The van der Waals surface area contributed by atoms with Gasteiger partial charge in [-0.1, -0.05) is 24.3 Å². The van der Waals surface area contributed by atoms with Crippen LogP contribution in [0.2, 0.25) is 0 Å². The predicted molar refractivity (Wildman–Crippen MR) is 130 cm³/mol. The summed E-state index contributed by atoms with van der Waals surface area (Å²) in [6.07, 6.45) is 0. The number of sulfonamides is 1. The van der Waals surface area contributed by atoms with Gasteiger partial charge in [0.15, 0.2) is 0 Å². The first-order valence-corrected chi connectivity index (χ1v) is 12.3. The van der Waals surface area contributed by atoms with Gasteiger partial charge in [0.1, 0.15) is 11.6 Å². The van der Waals surface area contributed by atoms with Gasteiger partial charge in [0.25, 0.3) is 15.9 Å². The Labute approximate surface area is 197 Å². The number of amides is 1. The van der Waals surface area contributed by atoms with E-state index in [1.165, 1.54) is 24.3 Å². The van der Waals surface area contributed by atoms with E-state index < -0.39 is 15.8 Å². The lowest BCUT2D eigenvalue weighted by Gasteiger charge is -2.16. The van der Waals surface area contributed by atoms with Gasteiger partial charge in [-0.15, -0.1) is 0 Å². The molecule has 1 unspecified atom stereocenters. The zero-order valence-corrected chi connectivity index (χ0v) is 19.9. The smallest absolute Gasteiger partial charge is 0.261 e. The number of rotatable bonds is 7. The van der Waals surface area contributed by atoms with Crippen LogP contribution in [0.5, 0.6) is 0 Å². The summed E-state index contributed by atoms with van der Waals surface area (Å²) in [5.41, 5.74) is 2.67. The van der Waals surface area contributed by atoms with Crippen LogP contribution in [0.3, 0.4) is 0 Å². The zero-order valence-electron chi connectivity index (χ0n) is 19.0. The predicted octanol–water partition coefficient (Wildman–Crippen LogP) is 4.80. The number of hydrogen-bond donors (Lipinski definition) is 2. The van der Waals surface area contributed by atoms with Gasteiger partial charge in [-0.3, -0.25) is 9.52 Å². The second-order valence-corrected chi connectivity index (χ2v) is 9.68. The maximum atomic E-state index is 13.8. The second-order valence-electron chi connectivity index (χ2n) is 8.00. The van der Waals surface area contributed by atoms with Crippen molar-refractivity contribution < 1.29 is 17.6 Å². The average molecular weight is 481 g/mol. The number of carbonyl (C=O) groups is 1. The second kappa shape index (κ2) is 9.26. The Morgan fingerprint density at radius 1 is 1.09 bits per heavy atom. The van der Waals surface area contributed by atoms with Crippen molar-refractivity contribution in [1.29, 1.82) is 0 Å². The van der Waals surface area contributed by atoms with Gasteiger partial charge in [-0.2, -0.15) is 0 Å². The van der Waals surface area contributed by atoms with Gasteiger partial charge in [0, 0.05) is 17.8 Å². The van der Waals surface area contributed by atoms with E-state index in [0.29, 0.717) is 12.1 Å². The van der Waals surface area contributed by atoms with Crippen LogP contribution in [0.25, 0.3) is 11.0 Å². The quantitative estimate of drug-likeness (QED) is 0.398. The summed E-state index contributed by atoms with van der Waals surface area (Å²) in [5.74, 6) is -0.247. The minimum Gasteiger partial charge on any atom is -0.342 e. The Balaban J connectivity index is 1.53. The molecule has 1 amide bonds. The van der Waals surface area contributed by atoms with E-state index in [4.69, 9.17) is 0 Å². The lowest BCUT2D eigenvalue weighted by molar-refractivity contribution is 0.0937. The molecule has 0 radical (unpaired) electrons. The lowest BCUT2D eigenvalue weighted by atomic mass is 10.1. The number of fused-ring (bicyclic) bond motifs is 1. The van der Waals surface area contributed by atoms with Gasteiger partial charge < -0.3 is 9.88 Å². The fourth-order valence-electron chi connectivity index (χ4n) is 3.78. The first-order valence-electron chi connectivity index (χ1n) is 10.8. The molecule has 2 N–H and O–H groups in total. The Hall–Kier alpha value is -3.72. The highest BCUT2D eigenvalue weighted by atomic mass is 32.2. The topological polar surface area (TPSA) is 93.1 Å². The average Bonchev–Trinajstić information content (AvgIpc) is 3.19. The van der Waals surface area contributed by atoms with Crippen LogP contribution in [0.15, 0.2) is 71.6 Å². The highest BCUT2D eigenvalue weighted by Crippen LogP contribution is 2.22. The van der Waals surface area contributed by atoms with E-state index in [9.17, 15) is 17.6 Å². The molecule has 0 aliphatic rings. The molecule has 0 spiro atoms. The number of nitrogens with zero attached hydrogens (tertiary/aromatic N) is 2. The monoisotopic (exact) mass is 480 g/mol. The van der Waals surface area contributed by atoms with Crippen LogP contribution in [0, 0.1) is 12.7 Å². The molecule has 1 aromatic heterocycles. The summed E-state index contributed by atoms with van der Waals surface area (Å²) in [7, 11) is -4.02. The number of anilines is 1. The standard InChI is InChI=1S/C25H25FN4O3S/c1-4-30-23-11-6-5-10-22(23)28-24(30)17(3)27-25(31)18-8-7-9-19(14-18)29-34(32,33)20-13-12-16(2)21(26)15-20/h5-15,17,29H,4H2,1-3H3,(H,27,31). The third-order valence-electron chi connectivity index (χ3n) is 5.57. The Bertz CT molecular complexity index is 1480. The van der Waals surface area contributed by atoms with Crippen molar-refractivity contribution in [3.63, 3.8) is 0 Å². The molecule has 0 bridgehead atoms. The summed E-state index contributed by atoms with van der Waals surface area (Å²) in [4.78, 5) is 17.4. The van der Waals surface area contributed by atoms with E-state index in [1.807, 2.05) is 42.7 Å². The number of imidazole rings is 1. The molecule has 0 saturated heterocycles. The molecule has 9 heteroatoms. The highest BCUT2D eigenvalue weighted by molar-refractivity contribution is 7.92. The number of benzene rings is 3. The normalized spacial score (nSPS) is 12.5. The molecule has 4 rings (SSSR count). The van der Waals surface area contributed by atoms with Crippen LogP contribution in [0.4, 0.5) is 10.1 Å². The third-order valence-corrected chi connectivity index (χ3v) is 6.94. The number of aryl methyl sites for hydroxylation is 2. The SMILES string of the molecule is CCn1c(C(C)NC(=O)c2cccc(NS(=O)(=O)c3ccc(C)c(F)c3)c2)nc2ccccc21. The summed E-state index contributed by atoms with van der Waals surface area (Å²) in [6, 6.07) is 17.2. The lowest BCUT2D eigenvalue weighted by Crippen LogP contribution is -2.28. The number of carbonyl (C=O) groups excluding carboxylic acids is 1. The molecule has 0 aliphatic carbocycles. The molecule has 0 saturated carbocycles. The van der Waals surface area contributed by atoms with Crippen molar-refractivity contribution in [3.05, 3.63) is 89.5 Å². The minimum atomic E-state index is -4.02. The maximum Gasteiger partial charge on any atom is 0.261 e. The Morgan fingerprint density at radius 3 is 2.59 bits per heavy atom. The van der Waals surface area contributed by atoms with Crippen molar-refractivity contribution >= 4 is 32.7 Å². The van der Waals surface area contributed by atoms with E-state index >= 15 is 0 Å². The number of halogens is 1. The van der Waals surface area contributed by atoms with Crippen LogP contribution >= 0.6 is 0 Å².